The Morgan fingerprint density at radius 2 is 1.96 bits per heavy atom. The van der Waals surface area contributed by atoms with E-state index in [0.717, 1.165) is 22.7 Å². The number of carbonyl (C=O) groups excluding carboxylic acids is 1. The molecule has 0 heterocycles. The minimum Gasteiger partial charge on any atom is -0.350 e. The summed E-state index contributed by atoms with van der Waals surface area (Å²) in [6, 6.07) is 3.12. The van der Waals surface area contributed by atoms with Crippen LogP contribution >= 0.6 is 0 Å². The third-order valence-corrected chi connectivity index (χ3v) is 6.31. The van der Waals surface area contributed by atoms with Crippen LogP contribution in [0.15, 0.2) is 17.0 Å². The molecule has 1 aromatic rings. The highest BCUT2D eigenvalue weighted by atomic mass is 32.2. The molecule has 1 atom stereocenters. The molecule has 0 saturated heterocycles. The number of benzene rings is 1. The van der Waals surface area contributed by atoms with E-state index in [4.69, 9.17) is 5.73 Å². The summed E-state index contributed by atoms with van der Waals surface area (Å²) in [6.07, 6.45) is 2.23. The summed E-state index contributed by atoms with van der Waals surface area (Å²) < 4.78 is 26.0. The number of aryl methyl sites for hydroxylation is 1. The van der Waals surface area contributed by atoms with Gasteiger partial charge in [-0.15, -0.1) is 0 Å². The van der Waals surface area contributed by atoms with Crippen molar-refractivity contribution in [2.24, 2.45) is 11.7 Å². The van der Waals surface area contributed by atoms with Crippen molar-refractivity contribution in [2.45, 2.75) is 37.6 Å². The summed E-state index contributed by atoms with van der Waals surface area (Å²) in [4.78, 5) is 12.5. The highest BCUT2D eigenvalue weighted by molar-refractivity contribution is 7.89. The van der Waals surface area contributed by atoms with Crippen LogP contribution in [0.1, 0.15) is 34.3 Å². The number of hydrogen-bond acceptors (Lipinski definition) is 4. The Morgan fingerprint density at radius 3 is 2.48 bits per heavy atom. The maximum Gasteiger partial charge on any atom is 0.251 e. The molecule has 0 aromatic heterocycles. The Kier molecular flexibility index (Phi) is 5.13. The second-order valence-corrected chi connectivity index (χ2v) is 8.54. The van der Waals surface area contributed by atoms with Gasteiger partial charge in [-0.2, -0.15) is 0 Å². The van der Waals surface area contributed by atoms with Crippen LogP contribution < -0.4 is 11.1 Å². The number of amides is 1. The summed E-state index contributed by atoms with van der Waals surface area (Å²) in [5.74, 6) is 0.208. The van der Waals surface area contributed by atoms with Gasteiger partial charge in [0.2, 0.25) is 10.0 Å². The average Bonchev–Trinajstić information content (AvgIpc) is 3.31. The number of rotatable bonds is 6. The lowest BCUT2D eigenvalue weighted by Crippen LogP contribution is -2.38. The van der Waals surface area contributed by atoms with E-state index in [1.165, 1.54) is 20.2 Å². The molecule has 0 spiro atoms. The van der Waals surface area contributed by atoms with Crippen molar-refractivity contribution in [3.63, 3.8) is 0 Å². The van der Waals surface area contributed by atoms with E-state index in [1.54, 1.807) is 19.9 Å². The molecule has 1 aromatic carbocycles. The smallest absolute Gasteiger partial charge is 0.251 e. The van der Waals surface area contributed by atoms with Crippen LogP contribution in [-0.4, -0.2) is 45.3 Å². The van der Waals surface area contributed by atoms with E-state index in [9.17, 15) is 13.2 Å². The molecule has 0 bridgehead atoms. The van der Waals surface area contributed by atoms with E-state index in [2.05, 4.69) is 5.32 Å². The zero-order chi connectivity index (χ0) is 17.4. The third-order valence-electron chi connectivity index (χ3n) is 4.37. The molecule has 3 N–H and O–H groups in total. The molecule has 7 heteroatoms. The monoisotopic (exact) mass is 339 g/mol. The van der Waals surface area contributed by atoms with Gasteiger partial charge in [0.15, 0.2) is 0 Å². The largest absolute Gasteiger partial charge is 0.350 e. The summed E-state index contributed by atoms with van der Waals surface area (Å²) in [5.41, 5.74) is 7.75. The van der Waals surface area contributed by atoms with Crippen LogP contribution in [0.25, 0.3) is 0 Å². The highest BCUT2D eigenvalue weighted by Crippen LogP contribution is 2.31. The van der Waals surface area contributed by atoms with Crippen molar-refractivity contribution in [3.8, 4) is 0 Å². The Labute approximate surface area is 138 Å². The Balaban J connectivity index is 2.25. The van der Waals surface area contributed by atoms with Gasteiger partial charge in [-0.3, -0.25) is 4.79 Å². The van der Waals surface area contributed by atoms with E-state index in [0.29, 0.717) is 23.6 Å². The first-order valence-corrected chi connectivity index (χ1v) is 9.16. The molecule has 23 heavy (non-hydrogen) atoms. The fourth-order valence-corrected chi connectivity index (χ4v) is 3.64. The van der Waals surface area contributed by atoms with Gasteiger partial charge >= 0.3 is 0 Å². The van der Waals surface area contributed by atoms with Gasteiger partial charge in [-0.05, 0) is 55.9 Å². The summed E-state index contributed by atoms with van der Waals surface area (Å²) in [5, 5.41) is 2.80. The van der Waals surface area contributed by atoms with Crippen molar-refractivity contribution in [2.75, 3.05) is 20.6 Å². The zero-order valence-electron chi connectivity index (χ0n) is 14.1. The predicted octanol–water partition coefficient (Wildman–Crippen LogP) is 1.02. The predicted molar refractivity (Wildman–Crippen MR) is 89.8 cm³/mol. The number of nitrogens with two attached hydrogens (primary N) is 1. The highest BCUT2D eigenvalue weighted by Gasteiger charge is 2.29. The van der Waals surface area contributed by atoms with E-state index in [-0.39, 0.29) is 16.8 Å². The lowest BCUT2D eigenvalue weighted by molar-refractivity contribution is 0.0950. The molecule has 0 radical (unpaired) electrons. The number of nitrogens with one attached hydrogen (secondary N) is 1. The lowest BCUT2D eigenvalue weighted by Gasteiger charge is -2.17. The van der Waals surface area contributed by atoms with Crippen molar-refractivity contribution >= 4 is 15.9 Å². The molecular formula is C16H25N3O3S. The maximum absolute atomic E-state index is 12.4. The second kappa shape index (κ2) is 6.59. The molecular weight excluding hydrogens is 314 g/mol. The van der Waals surface area contributed by atoms with Gasteiger partial charge in [-0.1, -0.05) is 0 Å². The van der Waals surface area contributed by atoms with Crippen molar-refractivity contribution < 1.29 is 13.2 Å². The molecule has 1 amide bonds. The van der Waals surface area contributed by atoms with Gasteiger partial charge in [0, 0.05) is 32.2 Å². The van der Waals surface area contributed by atoms with Crippen LogP contribution in [0.4, 0.5) is 0 Å². The topological polar surface area (TPSA) is 92.5 Å². The van der Waals surface area contributed by atoms with Crippen LogP contribution in [0, 0.1) is 19.8 Å². The first-order valence-electron chi connectivity index (χ1n) is 7.72. The van der Waals surface area contributed by atoms with Crippen LogP contribution in [0.2, 0.25) is 0 Å². The standard InChI is InChI=1S/C16H25N3O3S/c1-10-7-13(16(20)18-9-14(17)12-5-6-12)8-15(11(10)2)23(21,22)19(3)4/h7-8,12,14H,5-6,9,17H2,1-4H3,(H,18,20). The van der Waals surface area contributed by atoms with E-state index < -0.39 is 10.0 Å². The van der Waals surface area contributed by atoms with Gasteiger partial charge in [-0.25, -0.2) is 12.7 Å². The molecule has 6 nitrogen and oxygen atoms in total. The molecule has 0 aliphatic heterocycles. The van der Waals surface area contributed by atoms with Gasteiger partial charge < -0.3 is 11.1 Å². The van der Waals surface area contributed by atoms with Gasteiger partial charge in [0.25, 0.3) is 5.91 Å². The number of nitrogens with zero attached hydrogens (tertiary/aromatic N) is 1. The van der Waals surface area contributed by atoms with Crippen LogP contribution in [0.5, 0.6) is 0 Å². The SMILES string of the molecule is Cc1cc(C(=O)NCC(N)C2CC2)cc(S(=O)(=O)N(C)C)c1C. The Bertz CT molecular complexity index is 710. The minimum absolute atomic E-state index is 0.0320. The first-order chi connectivity index (χ1) is 10.6. The van der Waals surface area contributed by atoms with E-state index in [1.807, 2.05) is 0 Å². The normalized spacial score (nSPS) is 16.4. The van der Waals surface area contributed by atoms with Crippen molar-refractivity contribution in [3.05, 3.63) is 28.8 Å². The Hall–Kier alpha value is -1.44. The van der Waals surface area contributed by atoms with Gasteiger partial charge in [0.05, 0.1) is 4.90 Å². The second-order valence-electron chi connectivity index (χ2n) is 6.42. The molecule has 128 valence electrons. The number of sulfonamides is 1. The van der Waals surface area contributed by atoms with Gasteiger partial charge in [0.1, 0.15) is 0 Å². The summed E-state index contributed by atoms with van der Waals surface area (Å²) >= 11 is 0. The average molecular weight is 339 g/mol. The molecule has 1 fully saturated rings. The fourth-order valence-electron chi connectivity index (χ4n) is 2.43. The number of carbonyl (C=O) groups is 1. The number of hydrogen-bond donors (Lipinski definition) is 2. The molecule has 1 unspecified atom stereocenters. The van der Waals surface area contributed by atoms with Crippen LogP contribution in [0.3, 0.4) is 0 Å². The Morgan fingerprint density at radius 1 is 1.35 bits per heavy atom. The molecule has 1 aliphatic carbocycles. The zero-order valence-corrected chi connectivity index (χ0v) is 14.9. The van der Waals surface area contributed by atoms with Crippen molar-refractivity contribution in [1.29, 1.82) is 0 Å². The summed E-state index contributed by atoms with van der Waals surface area (Å²) in [6.45, 7) is 3.96. The lowest BCUT2D eigenvalue weighted by atomic mass is 10.1. The van der Waals surface area contributed by atoms with E-state index >= 15 is 0 Å². The third kappa shape index (κ3) is 3.91. The minimum atomic E-state index is -3.59. The molecule has 1 saturated carbocycles. The fraction of sp³-hybridized carbons (Fsp3) is 0.562. The molecule has 1 aliphatic rings. The summed E-state index contributed by atoms with van der Waals surface area (Å²) in [7, 11) is -0.637. The molecule has 2 rings (SSSR count). The van der Waals surface area contributed by atoms with Crippen LogP contribution in [-0.2, 0) is 10.0 Å². The first kappa shape index (κ1) is 17.9. The maximum atomic E-state index is 12.4. The van der Waals surface area contributed by atoms with Crippen molar-refractivity contribution in [1.82, 2.24) is 9.62 Å². The quantitative estimate of drug-likeness (QED) is 0.809.